The van der Waals surface area contributed by atoms with Gasteiger partial charge in [-0.05, 0) is 45.5 Å². The third-order valence-electron chi connectivity index (χ3n) is 4.24. The number of likely N-dealkylation sites (N-methyl/N-ethyl adjacent to an activating group) is 2. The largest absolute Gasteiger partial charge is 0.316 e. The number of carbonyl (C=O) groups is 1. The Bertz CT molecular complexity index is 435. The molecule has 1 fully saturated rings. The van der Waals surface area contributed by atoms with E-state index in [-0.39, 0.29) is 11.9 Å². The number of amides is 1. The molecule has 0 bridgehead atoms. The van der Waals surface area contributed by atoms with E-state index in [2.05, 4.69) is 10.2 Å². The van der Waals surface area contributed by atoms with Crippen molar-refractivity contribution in [3.05, 3.63) is 30.3 Å². The summed E-state index contributed by atoms with van der Waals surface area (Å²) in [5, 5.41) is 3.32. The van der Waals surface area contributed by atoms with Gasteiger partial charge in [0.05, 0.1) is 6.04 Å². The summed E-state index contributed by atoms with van der Waals surface area (Å²) in [6.45, 7) is 3.97. The summed E-state index contributed by atoms with van der Waals surface area (Å²) in [6, 6.07) is 10.3. The summed E-state index contributed by atoms with van der Waals surface area (Å²) < 4.78 is 0. The van der Waals surface area contributed by atoms with E-state index < -0.39 is 0 Å². The molecule has 1 amide bonds. The number of likely N-dealkylation sites (tertiary alicyclic amines) is 1. The molecular weight excluding hydrogens is 250 g/mol. The van der Waals surface area contributed by atoms with Gasteiger partial charge in [-0.3, -0.25) is 9.69 Å². The Hall–Kier alpha value is -1.39. The van der Waals surface area contributed by atoms with E-state index in [9.17, 15) is 4.79 Å². The number of hydrogen-bond acceptors (Lipinski definition) is 3. The van der Waals surface area contributed by atoms with E-state index in [0.29, 0.717) is 6.04 Å². The van der Waals surface area contributed by atoms with E-state index in [4.69, 9.17) is 0 Å². The highest BCUT2D eigenvalue weighted by molar-refractivity contribution is 5.96. The van der Waals surface area contributed by atoms with Crippen LogP contribution >= 0.6 is 0 Å². The van der Waals surface area contributed by atoms with Crippen LogP contribution in [0.15, 0.2) is 30.3 Å². The number of nitrogens with one attached hydrogen (secondary N) is 1. The van der Waals surface area contributed by atoms with E-state index in [1.165, 1.54) is 6.42 Å². The fraction of sp³-hybridized carbons (Fsp3) is 0.562. The molecule has 1 aromatic carbocycles. The van der Waals surface area contributed by atoms with E-state index in [1.54, 1.807) is 4.90 Å². The highest BCUT2D eigenvalue weighted by atomic mass is 16.2. The van der Waals surface area contributed by atoms with Crippen molar-refractivity contribution in [3.63, 3.8) is 0 Å². The normalized spacial score (nSPS) is 21.4. The van der Waals surface area contributed by atoms with Gasteiger partial charge in [0.15, 0.2) is 0 Å². The molecule has 0 saturated carbocycles. The van der Waals surface area contributed by atoms with Gasteiger partial charge in [-0.2, -0.15) is 0 Å². The minimum atomic E-state index is -0.0728. The van der Waals surface area contributed by atoms with Crippen LogP contribution in [0, 0.1) is 0 Å². The van der Waals surface area contributed by atoms with Crippen molar-refractivity contribution in [3.8, 4) is 0 Å². The second kappa shape index (κ2) is 6.86. The van der Waals surface area contributed by atoms with Crippen LogP contribution in [0.25, 0.3) is 0 Å². The van der Waals surface area contributed by atoms with E-state index >= 15 is 0 Å². The molecule has 0 aliphatic carbocycles. The molecule has 1 N–H and O–H groups in total. The molecule has 4 nitrogen and oxygen atoms in total. The molecule has 2 atom stereocenters. The average molecular weight is 275 g/mol. The van der Waals surface area contributed by atoms with Crippen molar-refractivity contribution < 1.29 is 4.79 Å². The van der Waals surface area contributed by atoms with Gasteiger partial charge in [-0.25, -0.2) is 0 Å². The molecule has 0 spiro atoms. The van der Waals surface area contributed by atoms with Gasteiger partial charge >= 0.3 is 0 Å². The summed E-state index contributed by atoms with van der Waals surface area (Å²) in [5.74, 6) is 0.160. The predicted molar refractivity (Wildman–Crippen MR) is 83.0 cm³/mol. The number of piperidine rings is 1. The number of nitrogens with zero attached hydrogens (tertiary/aromatic N) is 2. The third-order valence-corrected chi connectivity index (χ3v) is 4.24. The summed E-state index contributed by atoms with van der Waals surface area (Å²) in [5.41, 5.74) is 0.950. The first-order valence-corrected chi connectivity index (χ1v) is 7.37. The second-order valence-corrected chi connectivity index (χ2v) is 5.53. The zero-order valence-electron chi connectivity index (χ0n) is 12.7. The Balaban J connectivity index is 2.01. The Morgan fingerprint density at radius 1 is 1.40 bits per heavy atom. The Morgan fingerprint density at radius 2 is 2.10 bits per heavy atom. The van der Waals surface area contributed by atoms with Gasteiger partial charge in [0.2, 0.25) is 5.91 Å². The molecule has 0 radical (unpaired) electrons. The first-order valence-electron chi connectivity index (χ1n) is 7.37. The molecule has 1 aliphatic heterocycles. The van der Waals surface area contributed by atoms with Crippen molar-refractivity contribution >= 4 is 11.6 Å². The van der Waals surface area contributed by atoms with E-state index in [0.717, 1.165) is 25.2 Å². The monoisotopic (exact) mass is 275 g/mol. The molecule has 110 valence electrons. The maximum atomic E-state index is 12.6. The van der Waals surface area contributed by atoms with Crippen LogP contribution in [0.5, 0.6) is 0 Å². The first kappa shape index (κ1) is 15.0. The van der Waals surface area contributed by atoms with Crippen molar-refractivity contribution in [2.75, 3.05) is 32.1 Å². The number of para-hydroxylation sites is 1. The molecule has 1 aromatic rings. The minimum absolute atomic E-state index is 0.0728. The Labute approximate surface area is 121 Å². The molecule has 1 heterocycles. The Morgan fingerprint density at radius 3 is 2.75 bits per heavy atom. The fourth-order valence-corrected chi connectivity index (χ4v) is 2.81. The first-order chi connectivity index (χ1) is 9.63. The molecule has 2 rings (SSSR count). The molecule has 20 heavy (non-hydrogen) atoms. The van der Waals surface area contributed by atoms with Gasteiger partial charge in [-0.1, -0.05) is 18.2 Å². The highest BCUT2D eigenvalue weighted by Gasteiger charge is 2.28. The van der Waals surface area contributed by atoms with Crippen LogP contribution in [-0.2, 0) is 4.79 Å². The lowest BCUT2D eigenvalue weighted by Crippen LogP contribution is -2.53. The lowest BCUT2D eigenvalue weighted by Gasteiger charge is -2.37. The molecular formula is C16H25N3O. The van der Waals surface area contributed by atoms with Gasteiger partial charge in [-0.15, -0.1) is 0 Å². The quantitative estimate of drug-likeness (QED) is 0.909. The number of hydrogen-bond donors (Lipinski definition) is 1. The number of rotatable bonds is 4. The topological polar surface area (TPSA) is 35.6 Å². The molecule has 4 heteroatoms. The van der Waals surface area contributed by atoms with Crippen LogP contribution in [-0.4, -0.2) is 50.1 Å². The zero-order valence-corrected chi connectivity index (χ0v) is 12.7. The molecule has 1 saturated heterocycles. The van der Waals surface area contributed by atoms with Gasteiger partial charge in [0.1, 0.15) is 0 Å². The smallest absolute Gasteiger partial charge is 0.243 e. The summed E-state index contributed by atoms with van der Waals surface area (Å²) in [4.78, 5) is 16.6. The maximum absolute atomic E-state index is 12.6. The van der Waals surface area contributed by atoms with Gasteiger partial charge < -0.3 is 10.2 Å². The van der Waals surface area contributed by atoms with Crippen molar-refractivity contribution in [2.45, 2.75) is 31.8 Å². The summed E-state index contributed by atoms with van der Waals surface area (Å²) >= 11 is 0. The van der Waals surface area contributed by atoms with Crippen LogP contribution < -0.4 is 10.2 Å². The number of anilines is 1. The van der Waals surface area contributed by atoms with Crippen molar-refractivity contribution in [1.82, 2.24) is 10.2 Å². The van der Waals surface area contributed by atoms with E-state index in [1.807, 2.05) is 51.4 Å². The lowest BCUT2D eigenvalue weighted by atomic mass is 10.0. The average Bonchev–Trinajstić information content (AvgIpc) is 2.53. The molecule has 2 unspecified atom stereocenters. The standard InChI is InChI=1S/C16H25N3O/c1-13(19-11-7-8-14(12-19)17-2)16(20)18(3)15-9-5-4-6-10-15/h4-6,9-10,13-14,17H,7-8,11-12H2,1-3H3. The minimum Gasteiger partial charge on any atom is -0.316 e. The number of benzene rings is 1. The molecule has 0 aromatic heterocycles. The van der Waals surface area contributed by atoms with Crippen molar-refractivity contribution in [2.24, 2.45) is 0 Å². The van der Waals surface area contributed by atoms with Crippen LogP contribution in [0.2, 0.25) is 0 Å². The zero-order chi connectivity index (χ0) is 14.5. The Kier molecular flexibility index (Phi) is 5.15. The highest BCUT2D eigenvalue weighted by Crippen LogP contribution is 2.17. The van der Waals surface area contributed by atoms with Crippen molar-refractivity contribution in [1.29, 1.82) is 0 Å². The SMILES string of the molecule is CNC1CCCN(C(C)C(=O)N(C)c2ccccc2)C1. The van der Waals surface area contributed by atoms with Gasteiger partial charge in [0.25, 0.3) is 0 Å². The summed E-state index contributed by atoms with van der Waals surface area (Å²) in [6.07, 6.45) is 2.35. The van der Waals surface area contributed by atoms with Gasteiger partial charge in [0, 0.05) is 25.3 Å². The predicted octanol–water partition coefficient (Wildman–Crippen LogP) is 1.72. The fourth-order valence-electron chi connectivity index (χ4n) is 2.81. The summed E-state index contributed by atoms with van der Waals surface area (Å²) in [7, 11) is 3.85. The van der Waals surface area contributed by atoms with Crippen LogP contribution in [0.1, 0.15) is 19.8 Å². The number of carbonyl (C=O) groups excluding carboxylic acids is 1. The molecule has 1 aliphatic rings. The second-order valence-electron chi connectivity index (χ2n) is 5.53. The maximum Gasteiger partial charge on any atom is 0.243 e. The third kappa shape index (κ3) is 3.38. The lowest BCUT2D eigenvalue weighted by molar-refractivity contribution is -0.123. The van der Waals surface area contributed by atoms with Crippen LogP contribution in [0.3, 0.4) is 0 Å². The van der Waals surface area contributed by atoms with Crippen LogP contribution in [0.4, 0.5) is 5.69 Å².